The number of aliphatic hydroxyl groups is 2. The third kappa shape index (κ3) is 5.65. The smallest absolute Gasteiger partial charge is 0.0846 e. The van der Waals surface area contributed by atoms with Crippen LogP contribution >= 0.6 is 0 Å². The highest BCUT2D eigenvalue weighted by Crippen LogP contribution is 2.65. The number of hydrogen-bond acceptors (Lipinski definition) is 2. The summed E-state index contributed by atoms with van der Waals surface area (Å²) in [6.07, 6.45) is 0. The first kappa shape index (κ1) is 38.7. The van der Waals surface area contributed by atoms with Gasteiger partial charge in [0, 0.05) is 23.7 Å². The van der Waals surface area contributed by atoms with Crippen LogP contribution < -0.4 is 0 Å². The molecule has 2 heteroatoms. The van der Waals surface area contributed by atoms with Crippen LogP contribution in [0.3, 0.4) is 0 Å². The largest absolute Gasteiger partial charge is 0.386 e. The van der Waals surface area contributed by atoms with Crippen LogP contribution in [0.15, 0.2) is 109 Å². The fraction of sp³-hybridized carbons (Fsp3) is 0.357. The van der Waals surface area contributed by atoms with Crippen LogP contribution in [-0.4, -0.2) is 10.2 Å². The zero-order valence-electron chi connectivity index (χ0n) is 36.6. The van der Waals surface area contributed by atoms with Crippen LogP contribution in [-0.2, 0) is 22.0 Å². The molecule has 0 amide bonds. The molecule has 2 atom stereocenters. The van der Waals surface area contributed by atoms with Crippen LogP contribution in [0.5, 0.6) is 0 Å². The Bertz CT molecular complexity index is 2600. The van der Waals surface area contributed by atoms with Crippen molar-refractivity contribution in [2.75, 3.05) is 0 Å². The lowest BCUT2D eigenvalue weighted by molar-refractivity contribution is 0.0731. The van der Waals surface area contributed by atoms with Gasteiger partial charge in [0.25, 0.3) is 0 Å². The Labute approximate surface area is 347 Å². The van der Waals surface area contributed by atoms with Gasteiger partial charge in [0.15, 0.2) is 0 Å². The molecule has 4 aliphatic carbocycles. The van der Waals surface area contributed by atoms with E-state index >= 15 is 0 Å². The summed E-state index contributed by atoms with van der Waals surface area (Å²) in [5.74, 6) is 0.101. The fourth-order valence-corrected chi connectivity index (χ4v) is 11.5. The van der Waals surface area contributed by atoms with Gasteiger partial charge >= 0.3 is 0 Å². The summed E-state index contributed by atoms with van der Waals surface area (Å²) in [5.41, 5.74) is 20.3. The normalized spacial score (nSPS) is 19.6. The summed E-state index contributed by atoms with van der Waals surface area (Å²) in [6.45, 7) is 26.3. The van der Waals surface area contributed by atoms with E-state index in [1.54, 1.807) is 0 Å². The van der Waals surface area contributed by atoms with Gasteiger partial charge in [0.1, 0.15) is 0 Å². The molecule has 2 bridgehead atoms. The van der Waals surface area contributed by atoms with E-state index in [-0.39, 0.29) is 34.5 Å². The van der Waals surface area contributed by atoms with Crippen molar-refractivity contribution in [3.05, 3.63) is 198 Å². The standard InChI is InChI=1S/C56H60O2/c1-31-21-13-14-22-33(31)45-35-24-16-15-23-34(35)32(2)44-48(40-29-43(56(11,12)58)42(53(3,4)5)30-41(40)55(9,10)57)49-46-36-25-17-19-27-38(36)47(39-28-20-18-26-37(39)46)51(49)52(50(44)45)54(6,7)8/h13-30,32,45-47,57-58H,1-12H3. The average Bonchev–Trinajstić information content (AvgIpc) is 3.15. The Hall–Kier alpha value is -4.76. The second kappa shape index (κ2) is 12.9. The van der Waals surface area contributed by atoms with Crippen molar-refractivity contribution in [1.82, 2.24) is 0 Å². The van der Waals surface area contributed by atoms with E-state index in [1.807, 2.05) is 27.7 Å². The Morgan fingerprint density at radius 3 is 1.26 bits per heavy atom. The fourth-order valence-electron chi connectivity index (χ4n) is 11.5. The number of benzene rings is 6. The van der Waals surface area contributed by atoms with E-state index < -0.39 is 11.2 Å². The van der Waals surface area contributed by atoms with Crippen LogP contribution in [0.25, 0.3) is 11.1 Å². The van der Waals surface area contributed by atoms with Crippen molar-refractivity contribution in [2.45, 2.75) is 129 Å². The van der Waals surface area contributed by atoms with Crippen molar-refractivity contribution in [3.8, 4) is 11.1 Å². The van der Waals surface area contributed by atoms with Gasteiger partial charge in [-0.1, -0.05) is 152 Å². The molecule has 0 radical (unpaired) electrons. The molecule has 6 aromatic rings. The van der Waals surface area contributed by atoms with Crippen LogP contribution in [0, 0.1) is 6.92 Å². The van der Waals surface area contributed by atoms with E-state index in [0.29, 0.717) is 0 Å². The van der Waals surface area contributed by atoms with Gasteiger partial charge in [0.2, 0.25) is 0 Å². The van der Waals surface area contributed by atoms with Gasteiger partial charge in [-0.05, 0) is 152 Å². The molecule has 6 aromatic carbocycles. The third-order valence-corrected chi connectivity index (χ3v) is 13.8. The first-order chi connectivity index (χ1) is 27.2. The van der Waals surface area contributed by atoms with Gasteiger partial charge in [-0.2, -0.15) is 0 Å². The maximum Gasteiger partial charge on any atom is 0.0846 e. The summed E-state index contributed by atoms with van der Waals surface area (Å²) in [4.78, 5) is 0. The summed E-state index contributed by atoms with van der Waals surface area (Å²) in [6, 6.07) is 41.0. The summed E-state index contributed by atoms with van der Waals surface area (Å²) in [7, 11) is 0. The molecule has 2 unspecified atom stereocenters. The van der Waals surface area contributed by atoms with Crippen LogP contribution in [0.4, 0.5) is 0 Å². The van der Waals surface area contributed by atoms with Crippen LogP contribution in [0.2, 0.25) is 0 Å². The maximum atomic E-state index is 12.5. The van der Waals surface area contributed by atoms with Crippen molar-refractivity contribution in [3.63, 3.8) is 0 Å². The molecule has 0 heterocycles. The highest BCUT2D eigenvalue weighted by atomic mass is 16.3. The molecule has 10 rings (SSSR count). The molecule has 2 N–H and O–H groups in total. The van der Waals surface area contributed by atoms with E-state index in [9.17, 15) is 10.2 Å². The SMILES string of the molecule is Cc1ccccc1C1c2ccccc2C(C)c2c(-c3cc(C(C)(C)O)c(C(C)(C)C)cc3C(C)(C)O)c3c(c(C(C)(C)C)c21)C1c2ccccc2C3c2ccccc21. The van der Waals surface area contributed by atoms with Crippen molar-refractivity contribution < 1.29 is 10.2 Å². The van der Waals surface area contributed by atoms with Gasteiger partial charge in [-0.25, -0.2) is 0 Å². The zero-order chi connectivity index (χ0) is 41.4. The number of rotatable bonds is 4. The molecule has 2 nitrogen and oxygen atoms in total. The Balaban J connectivity index is 1.59. The number of aryl methyl sites for hydroxylation is 1. The molecule has 0 fully saturated rings. The Morgan fingerprint density at radius 1 is 0.414 bits per heavy atom. The van der Waals surface area contributed by atoms with E-state index in [0.717, 1.165) is 22.3 Å². The van der Waals surface area contributed by atoms with Crippen molar-refractivity contribution in [1.29, 1.82) is 0 Å². The topological polar surface area (TPSA) is 40.5 Å². The zero-order valence-corrected chi connectivity index (χ0v) is 36.6. The monoisotopic (exact) mass is 764 g/mol. The minimum atomic E-state index is -1.18. The predicted octanol–water partition coefficient (Wildman–Crippen LogP) is 13.3. The average molecular weight is 765 g/mol. The minimum absolute atomic E-state index is 0.000930. The highest BCUT2D eigenvalue weighted by Gasteiger charge is 2.50. The highest BCUT2D eigenvalue weighted by molar-refractivity contribution is 5.88. The molecule has 0 saturated heterocycles. The molecule has 296 valence electrons. The lowest BCUT2D eigenvalue weighted by Gasteiger charge is -2.50. The molecule has 58 heavy (non-hydrogen) atoms. The molecular weight excluding hydrogens is 705 g/mol. The van der Waals surface area contributed by atoms with E-state index in [2.05, 4.69) is 165 Å². The molecule has 0 aliphatic heterocycles. The molecule has 0 spiro atoms. The van der Waals surface area contributed by atoms with Gasteiger partial charge in [-0.3, -0.25) is 0 Å². The lowest BCUT2D eigenvalue weighted by atomic mass is 9.53. The summed E-state index contributed by atoms with van der Waals surface area (Å²) in [5, 5.41) is 24.6. The predicted molar refractivity (Wildman–Crippen MR) is 241 cm³/mol. The first-order valence-electron chi connectivity index (χ1n) is 21.4. The van der Waals surface area contributed by atoms with Gasteiger partial charge in [-0.15, -0.1) is 0 Å². The third-order valence-electron chi connectivity index (χ3n) is 13.8. The molecule has 4 aliphatic rings. The number of fused-ring (bicyclic) bond motifs is 2. The lowest BCUT2D eigenvalue weighted by Crippen LogP contribution is -2.36. The van der Waals surface area contributed by atoms with Crippen molar-refractivity contribution in [2.24, 2.45) is 0 Å². The minimum Gasteiger partial charge on any atom is -0.386 e. The molecule has 0 aromatic heterocycles. The summed E-state index contributed by atoms with van der Waals surface area (Å²) >= 11 is 0. The second-order valence-corrected chi connectivity index (χ2v) is 20.7. The molecule has 0 saturated carbocycles. The summed E-state index contributed by atoms with van der Waals surface area (Å²) < 4.78 is 0. The Kier molecular flexibility index (Phi) is 8.60. The van der Waals surface area contributed by atoms with E-state index in [4.69, 9.17) is 0 Å². The van der Waals surface area contributed by atoms with E-state index in [1.165, 1.54) is 77.9 Å². The second-order valence-electron chi connectivity index (χ2n) is 20.7. The van der Waals surface area contributed by atoms with Gasteiger partial charge < -0.3 is 10.2 Å². The van der Waals surface area contributed by atoms with Gasteiger partial charge in [0.05, 0.1) is 11.2 Å². The molecular formula is C56H60O2. The van der Waals surface area contributed by atoms with Crippen molar-refractivity contribution >= 4 is 0 Å². The quantitative estimate of drug-likeness (QED) is 0.187. The number of hydrogen-bond donors (Lipinski definition) is 2. The maximum absolute atomic E-state index is 12.5. The Morgan fingerprint density at radius 2 is 0.810 bits per heavy atom. The first-order valence-corrected chi connectivity index (χ1v) is 21.4. The van der Waals surface area contributed by atoms with Crippen LogP contribution in [0.1, 0.15) is 189 Å².